The summed E-state index contributed by atoms with van der Waals surface area (Å²) in [6.45, 7) is 1.57. The smallest absolute Gasteiger partial charge is 0.255 e. The highest BCUT2D eigenvalue weighted by Gasteiger charge is 2.14. The molecule has 0 fully saturated rings. The molecule has 3 rings (SSSR count). The van der Waals surface area contributed by atoms with Crippen LogP contribution in [0.25, 0.3) is 0 Å². The second-order valence-electron chi connectivity index (χ2n) is 6.25. The molecular formula is C22H20N2O4S. The number of anilines is 2. The van der Waals surface area contributed by atoms with E-state index < -0.39 is 15.7 Å². The Kier molecular flexibility index (Phi) is 6.09. The first kappa shape index (κ1) is 20.3. The molecule has 0 aromatic heterocycles. The Morgan fingerprint density at radius 2 is 1.14 bits per heavy atom. The minimum Gasteiger partial charge on any atom is -0.320 e. The van der Waals surface area contributed by atoms with Crippen LogP contribution >= 0.6 is 0 Å². The van der Waals surface area contributed by atoms with Crippen molar-refractivity contribution >= 4 is 33.0 Å². The van der Waals surface area contributed by atoms with Gasteiger partial charge < -0.3 is 10.6 Å². The molecule has 2 amide bonds. The number of rotatable bonds is 6. The molecule has 0 saturated heterocycles. The Balaban J connectivity index is 1.77. The van der Waals surface area contributed by atoms with Gasteiger partial charge in [-0.15, -0.1) is 0 Å². The van der Waals surface area contributed by atoms with E-state index >= 15 is 0 Å². The number of amides is 2. The van der Waals surface area contributed by atoms with Crippen LogP contribution in [-0.4, -0.2) is 26.0 Å². The third kappa shape index (κ3) is 4.89. The molecule has 3 aromatic rings. The van der Waals surface area contributed by atoms with Crippen LogP contribution in [0.5, 0.6) is 0 Å². The first-order valence-corrected chi connectivity index (χ1v) is 10.7. The number of nitrogens with one attached hydrogen (secondary N) is 2. The SMILES string of the molecule is CCS(=O)(=O)c1ccc(C(=O)Nc2ccccc2NC(=O)c2ccccc2)cc1. The van der Waals surface area contributed by atoms with Crippen LogP contribution in [0.4, 0.5) is 11.4 Å². The number of hydrogen-bond acceptors (Lipinski definition) is 4. The molecule has 6 nitrogen and oxygen atoms in total. The summed E-state index contributed by atoms with van der Waals surface area (Å²) in [6, 6.07) is 21.4. The van der Waals surface area contributed by atoms with Crippen LogP contribution in [0.3, 0.4) is 0 Å². The van der Waals surface area contributed by atoms with Crippen molar-refractivity contribution in [1.29, 1.82) is 0 Å². The highest BCUT2D eigenvalue weighted by Crippen LogP contribution is 2.23. The average molecular weight is 408 g/mol. The van der Waals surface area contributed by atoms with Gasteiger partial charge in [-0.25, -0.2) is 8.42 Å². The zero-order valence-corrected chi connectivity index (χ0v) is 16.6. The van der Waals surface area contributed by atoms with Gasteiger partial charge in [0, 0.05) is 11.1 Å². The lowest BCUT2D eigenvalue weighted by Crippen LogP contribution is -2.17. The first-order valence-electron chi connectivity index (χ1n) is 9.00. The molecule has 0 saturated carbocycles. The molecule has 0 bridgehead atoms. The van der Waals surface area contributed by atoms with E-state index in [0.29, 0.717) is 22.5 Å². The highest BCUT2D eigenvalue weighted by atomic mass is 32.2. The Hall–Kier alpha value is -3.45. The number of carbonyl (C=O) groups is 2. The van der Waals surface area contributed by atoms with Gasteiger partial charge in [0.25, 0.3) is 11.8 Å². The fraction of sp³-hybridized carbons (Fsp3) is 0.0909. The molecule has 2 N–H and O–H groups in total. The van der Waals surface area contributed by atoms with Gasteiger partial charge in [-0.1, -0.05) is 37.3 Å². The Bertz CT molecular complexity index is 1120. The summed E-state index contributed by atoms with van der Waals surface area (Å²) in [5.41, 5.74) is 1.71. The molecule has 0 aliphatic heterocycles. The van der Waals surface area contributed by atoms with Crippen LogP contribution in [0.2, 0.25) is 0 Å². The molecule has 0 spiro atoms. The third-order valence-corrected chi connectivity index (χ3v) is 6.07. The minimum atomic E-state index is -3.33. The lowest BCUT2D eigenvalue weighted by Gasteiger charge is -2.12. The van der Waals surface area contributed by atoms with Crippen LogP contribution < -0.4 is 10.6 Å². The predicted molar refractivity (Wildman–Crippen MR) is 113 cm³/mol. The predicted octanol–water partition coefficient (Wildman–Crippen LogP) is 3.98. The van der Waals surface area contributed by atoms with Crippen LogP contribution in [-0.2, 0) is 9.84 Å². The van der Waals surface area contributed by atoms with Crippen molar-refractivity contribution < 1.29 is 18.0 Å². The van der Waals surface area contributed by atoms with E-state index in [4.69, 9.17) is 0 Å². The maximum atomic E-state index is 12.6. The molecule has 0 unspecified atom stereocenters. The van der Waals surface area contributed by atoms with Gasteiger partial charge in [-0.05, 0) is 48.5 Å². The zero-order chi connectivity index (χ0) is 20.9. The molecule has 0 atom stereocenters. The van der Waals surface area contributed by atoms with Gasteiger partial charge in [0.2, 0.25) is 0 Å². The molecule has 0 radical (unpaired) electrons. The topological polar surface area (TPSA) is 92.3 Å². The molecule has 0 aliphatic carbocycles. The molecule has 3 aromatic carbocycles. The number of sulfone groups is 1. The van der Waals surface area contributed by atoms with Crippen molar-refractivity contribution in [3.8, 4) is 0 Å². The van der Waals surface area contributed by atoms with Crippen LogP contribution in [0.1, 0.15) is 27.6 Å². The summed E-state index contributed by atoms with van der Waals surface area (Å²) >= 11 is 0. The van der Waals surface area contributed by atoms with Crippen molar-refractivity contribution in [3.05, 3.63) is 90.0 Å². The monoisotopic (exact) mass is 408 g/mol. The number of carbonyl (C=O) groups excluding carboxylic acids is 2. The molecule has 0 aliphatic rings. The van der Waals surface area contributed by atoms with Gasteiger partial charge in [0.15, 0.2) is 9.84 Å². The quantitative estimate of drug-likeness (QED) is 0.645. The Morgan fingerprint density at radius 3 is 1.62 bits per heavy atom. The van der Waals surface area contributed by atoms with E-state index in [-0.39, 0.29) is 16.6 Å². The van der Waals surface area contributed by atoms with E-state index in [2.05, 4.69) is 10.6 Å². The van der Waals surface area contributed by atoms with Gasteiger partial charge in [-0.2, -0.15) is 0 Å². The largest absolute Gasteiger partial charge is 0.320 e. The summed E-state index contributed by atoms with van der Waals surface area (Å²) < 4.78 is 23.8. The summed E-state index contributed by atoms with van der Waals surface area (Å²) in [7, 11) is -3.33. The van der Waals surface area contributed by atoms with Gasteiger partial charge >= 0.3 is 0 Å². The second-order valence-corrected chi connectivity index (χ2v) is 8.53. The normalized spacial score (nSPS) is 10.9. The average Bonchev–Trinajstić information content (AvgIpc) is 2.75. The van der Waals surface area contributed by atoms with Crippen molar-refractivity contribution in [2.75, 3.05) is 16.4 Å². The molecule has 29 heavy (non-hydrogen) atoms. The van der Waals surface area contributed by atoms with Crippen molar-refractivity contribution in [2.24, 2.45) is 0 Å². The summed E-state index contributed by atoms with van der Waals surface area (Å²) in [4.78, 5) is 25.2. The summed E-state index contributed by atoms with van der Waals surface area (Å²) in [5.74, 6) is -0.708. The Labute approximate surface area is 169 Å². The molecule has 0 heterocycles. The van der Waals surface area contributed by atoms with Crippen molar-refractivity contribution in [2.45, 2.75) is 11.8 Å². The lowest BCUT2D eigenvalue weighted by atomic mass is 10.2. The zero-order valence-electron chi connectivity index (χ0n) is 15.8. The number of benzene rings is 3. The van der Waals surface area contributed by atoms with Gasteiger partial charge in [-0.3, -0.25) is 9.59 Å². The summed E-state index contributed by atoms with van der Waals surface area (Å²) in [5, 5.41) is 5.54. The fourth-order valence-electron chi connectivity index (χ4n) is 2.66. The van der Waals surface area contributed by atoms with Gasteiger partial charge in [0.1, 0.15) is 0 Å². The van der Waals surface area contributed by atoms with Gasteiger partial charge in [0.05, 0.1) is 22.0 Å². The summed E-state index contributed by atoms with van der Waals surface area (Å²) in [6.07, 6.45) is 0. The van der Waals surface area contributed by atoms with E-state index in [0.717, 1.165) is 0 Å². The Morgan fingerprint density at radius 1 is 0.690 bits per heavy atom. The van der Waals surface area contributed by atoms with E-state index in [1.54, 1.807) is 55.5 Å². The molecule has 148 valence electrons. The van der Waals surface area contributed by atoms with E-state index in [1.807, 2.05) is 6.07 Å². The minimum absolute atomic E-state index is 0.00691. The van der Waals surface area contributed by atoms with Crippen LogP contribution in [0, 0.1) is 0 Å². The molecular weight excluding hydrogens is 388 g/mol. The highest BCUT2D eigenvalue weighted by molar-refractivity contribution is 7.91. The number of para-hydroxylation sites is 2. The standard InChI is InChI=1S/C22H20N2O4S/c1-2-29(27,28)18-14-12-17(13-15-18)22(26)24-20-11-7-6-10-19(20)23-21(25)16-8-4-3-5-9-16/h3-15H,2H2,1H3,(H,23,25)(H,24,26). The lowest BCUT2D eigenvalue weighted by molar-refractivity contribution is 0.101. The van der Waals surface area contributed by atoms with Crippen LogP contribution in [0.15, 0.2) is 83.8 Å². The third-order valence-electron chi connectivity index (χ3n) is 4.32. The van der Waals surface area contributed by atoms with Crippen molar-refractivity contribution in [3.63, 3.8) is 0 Å². The molecule has 7 heteroatoms. The number of hydrogen-bond donors (Lipinski definition) is 2. The van der Waals surface area contributed by atoms with Crippen molar-refractivity contribution in [1.82, 2.24) is 0 Å². The van der Waals surface area contributed by atoms with E-state index in [9.17, 15) is 18.0 Å². The maximum Gasteiger partial charge on any atom is 0.255 e. The fourth-order valence-corrected chi connectivity index (χ4v) is 3.54. The second kappa shape index (κ2) is 8.70. The maximum absolute atomic E-state index is 12.6. The van der Waals surface area contributed by atoms with E-state index in [1.165, 1.54) is 24.3 Å². The first-order chi connectivity index (χ1) is 13.9.